The van der Waals surface area contributed by atoms with Crippen molar-refractivity contribution < 1.29 is 9.47 Å². The van der Waals surface area contributed by atoms with E-state index in [1.165, 1.54) is 16.7 Å². The van der Waals surface area contributed by atoms with Crippen molar-refractivity contribution in [2.75, 3.05) is 13.3 Å². The molecule has 4 rings (SSSR count). The van der Waals surface area contributed by atoms with Crippen LogP contribution in [0.1, 0.15) is 22.6 Å². The van der Waals surface area contributed by atoms with E-state index in [1.54, 1.807) is 0 Å². The van der Waals surface area contributed by atoms with Crippen LogP contribution in [0.3, 0.4) is 0 Å². The lowest BCUT2D eigenvalue weighted by molar-refractivity contribution is 0.174. The molecule has 0 spiro atoms. The molecule has 3 nitrogen and oxygen atoms in total. The van der Waals surface area contributed by atoms with Crippen molar-refractivity contribution in [2.24, 2.45) is 0 Å². The zero-order valence-corrected chi connectivity index (χ0v) is 11.6. The predicted molar refractivity (Wildman–Crippen MR) is 77.6 cm³/mol. The summed E-state index contributed by atoms with van der Waals surface area (Å²) in [5.74, 6) is 1.99. The van der Waals surface area contributed by atoms with Crippen LogP contribution >= 0.6 is 11.6 Å². The number of rotatable bonds is 1. The number of ether oxygens (including phenoxy) is 2. The highest BCUT2D eigenvalue weighted by Crippen LogP contribution is 2.40. The fourth-order valence-corrected chi connectivity index (χ4v) is 3.16. The number of hydrogen-bond donors (Lipinski definition) is 1. The first-order valence-corrected chi connectivity index (χ1v) is 7.07. The van der Waals surface area contributed by atoms with Crippen LogP contribution in [0.15, 0.2) is 36.4 Å². The molecule has 0 amide bonds. The van der Waals surface area contributed by atoms with Crippen LogP contribution in [0.25, 0.3) is 0 Å². The number of halogens is 1. The minimum atomic E-state index is 0.298. The summed E-state index contributed by atoms with van der Waals surface area (Å²) in [6.45, 7) is 2.09. The first-order valence-electron chi connectivity index (χ1n) is 6.70. The van der Waals surface area contributed by atoms with Gasteiger partial charge in [0.2, 0.25) is 6.79 Å². The van der Waals surface area contributed by atoms with Gasteiger partial charge in [-0.25, -0.2) is 0 Å². The van der Waals surface area contributed by atoms with E-state index >= 15 is 0 Å². The van der Waals surface area contributed by atoms with E-state index in [9.17, 15) is 0 Å². The van der Waals surface area contributed by atoms with Crippen LogP contribution in [0.5, 0.6) is 11.5 Å². The average molecular weight is 288 g/mol. The van der Waals surface area contributed by atoms with Gasteiger partial charge >= 0.3 is 0 Å². The summed E-state index contributed by atoms with van der Waals surface area (Å²) < 4.78 is 11.0. The Bertz CT molecular complexity index is 672. The summed E-state index contributed by atoms with van der Waals surface area (Å²) in [4.78, 5) is 0. The van der Waals surface area contributed by atoms with E-state index in [-0.39, 0.29) is 0 Å². The third-order valence-corrected chi connectivity index (χ3v) is 4.16. The van der Waals surface area contributed by atoms with Gasteiger partial charge in [0.25, 0.3) is 0 Å². The number of nitrogens with one attached hydrogen (secondary N) is 1. The van der Waals surface area contributed by atoms with E-state index in [0.29, 0.717) is 12.7 Å². The monoisotopic (exact) mass is 287 g/mol. The summed E-state index contributed by atoms with van der Waals surface area (Å²) >= 11 is 6.12. The van der Waals surface area contributed by atoms with Crippen LogP contribution in [0.4, 0.5) is 0 Å². The second-order valence-electron chi connectivity index (χ2n) is 5.14. The molecule has 1 unspecified atom stereocenters. The lowest BCUT2D eigenvalue weighted by Gasteiger charge is -2.27. The fourth-order valence-electron chi connectivity index (χ4n) is 2.96. The van der Waals surface area contributed by atoms with Crippen LogP contribution in [-0.4, -0.2) is 13.3 Å². The Hall–Kier alpha value is -1.71. The molecule has 20 heavy (non-hydrogen) atoms. The highest BCUT2D eigenvalue weighted by molar-refractivity contribution is 6.30. The lowest BCUT2D eigenvalue weighted by Crippen LogP contribution is -2.28. The number of benzene rings is 2. The van der Waals surface area contributed by atoms with E-state index in [0.717, 1.165) is 29.6 Å². The maximum absolute atomic E-state index is 6.12. The van der Waals surface area contributed by atoms with Crippen molar-refractivity contribution >= 4 is 11.6 Å². The quantitative estimate of drug-likeness (QED) is 0.873. The molecule has 0 saturated heterocycles. The van der Waals surface area contributed by atoms with Crippen LogP contribution in [-0.2, 0) is 6.54 Å². The van der Waals surface area contributed by atoms with Crippen molar-refractivity contribution in [2.45, 2.75) is 12.5 Å². The standard InChI is InChI=1S/C16H14ClNO2/c17-12-3-1-2-10(4-12)14-8-18-7-11-5-15-16(6-13(11)14)20-9-19-15/h1-6,14,18H,7-9H2. The minimum Gasteiger partial charge on any atom is -0.454 e. The highest BCUT2D eigenvalue weighted by Gasteiger charge is 2.26. The molecule has 0 radical (unpaired) electrons. The molecule has 0 fully saturated rings. The average Bonchev–Trinajstić information content (AvgIpc) is 2.91. The molecular weight excluding hydrogens is 274 g/mol. The molecule has 2 aromatic rings. The topological polar surface area (TPSA) is 30.5 Å². The Labute approximate surface area is 122 Å². The Morgan fingerprint density at radius 1 is 1.10 bits per heavy atom. The van der Waals surface area contributed by atoms with Gasteiger partial charge in [0.1, 0.15) is 0 Å². The first-order chi connectivity index (χ1) is 9.81. The van der Waals surface area contributed by atoms with Crippen LogP contribution < -0.4 is 14.8 Å². The van der Waals surface area contributed by atoms with E-state index in [4.69, 9.17) is 21.1 Å². The predicted octanol–water partition coefficient (Wildman–Crippen LogP) is 3.30. The first kappa shape index (κ1) is 12.1. The third kappa shape index (κ3) is 1.94. The molecule has 2 aliphatic rings. The van der Waals surface area contributed by atoms with Gasteiger partial charge in [0.15, 0.2) is 11.5 Å². The van der Waals surface area contributed by atoms with Crippen molar-refractivity contribution in [3.05, 3.63) is 58.1 Å². The van der Waals surface area contributed by atoms with Gasteiger partial charge in [-0.15, -0.1) is 0 Å². The Kier molecular flexibility index (Phi) is 2.83. The Balaban J connectivity index is 1.82. The van der Waals surface area contributed by atoms with E-state index in [1.807, 2.05) is 18.2 Å². The molecule has 0 aliphatic carbocycles. The summed E-state index contributed by atoms with van der Waals surface area (Å²) in [6, 6.07) is 12.3. The minimum absolute atomic E-state index is 0.298. The second kappa shape index (κ2) is 4.69. The lowest BCUT2D eigenvalue weighted by atomic mass is 9.85. The zero-order valence-electron chi connectivity index (χ0n) is 10.9. The van der Waals surface area contributed by atoms with Gasteiger partial charge in [0, 0.05) is 24.0 Å². The largest absolute Gasteiger partial charge is 0.454 e. The molecule has 102 valence electrons. The summed E-state index contributed by atoms with van der Waals surface area (Å²) in [5, 5.41) is 4.23. The van der Waals surface area contributed by atoms with Gasteiger partial charge in [-0.1, -0.05) is 23.7 Å². The summed E-state index contributed by atoms with van der Waals surface area (Å²) in [6.07, 6.45) is 0. The molecule has 0 aromatic heterocycles. The van der Waals surface area contributed by atoms with E-state index in [2.05, 4.69) is 23.5 Å². The molecule has 2 aliphatic heterocycles. The third-order valence-electron chi connectivity index (χ3n) is 3.92. The highest BCUT2D eigenvalue weighted by atomic mass is 35.5. The molecule has 0 bridgehead atoms. The normalized spacial score (nSPS) is 19.8. The molecule has 1 N–H and O–H groups in total. The summed E-state index contributed by atoms with van der Waals surface area (Å²) in [7, 11) is 0. The molecule has 2 aromatic carbocycles. The SMILES string of the molecule is Clc1cccc(C2CNCc3cc4c(cc32)OCO4)c1. The molecular formula is C16H14ClNO2. The Morgan fingerprint density at radius 3 is 2.80 bits per heavy atom. The Morgan fingerprint density at radius 2 is 1.95 bits per heavy atom. The van der Waals surface area contributed by atoms with Crippen molar-refractivity contribution in [1.29, 1.82) is 0 Å². The molecule has 0 saturated carbocycles. The van der Waals surface area contributed by atoms with Gasteiger partial charge in [-0.3, -0.25) is 0 Å². The molecule has 1 atom stereocenters. The van der Waals surface area contributed by atoms with E-state index < -0.39 is 0 Å². The zero-order chi connectivity index (χ0) is 13.5. The van der Waals surface area contributed by atoms with Crippen molar-refractivity contribution in [3.8, 4) is 11.5 Å². The maximum Gasteiger partial charge on any atom is 0.231 e. The molecule has 4 heteroatoms. The maximum atomic E-state index is 6.12. The second-order valence-corrected chi connectivity index (χ2v) is 5.58. The van der Waals surface area contributed by atoms with Crippen molar-refractivity contribution in [1.82, 2.24) is 5.32 Å². The van der Waals surface area contributed by atoms with Crippen molar-refractivity contribution in [3.63, 3.8) is 0 Å². The number of hydrogen-bond acceptors (Lipinski definition) is 3. The van der Waals surface area contributed by atoms with Gasteiger partial charge in [0.05, 0.1) is 0 Å². The van der Waals surface area contributed by atoms with Crippen LogP contribution in [0.2, 0.25) is 5.02 Å². The van der Waals surface area contributed by atoms with Gasteiger partial charge < -0.3 is 14.8 Å². The summed E-state index contributed by atoms with van der Waals surface area (Å²) in [5.41, 5.74) is 3.80. The molecule has 2 heterocycles. The number of fused-ring (bicyclic) bond motifs is 2. The van der Waals surface area contributed by atoms with Gasteiger partial charge in [-0.05, 0) is 41.0 Å². The van der Waals surface area contributed by atoms with Crippen LogP contribution in [0, 0.1) is 0 Å². The smallest absolute Gasteiger partial charge is 0.231 e. The van der Waals surface area contributed by atoms with Gasteiger partial charge in [-0.2, -0.15) is 0 Å². The fraction of sp³-hybridized carbons (Fsp3) is 0.250.